The second-order valence-corrected chi connectivity index (χ2v) is 10.4. The number of esters is 1. The first-order chi connectivity index (χ1) is 14.2. The van der Waals surface area contributed by atoms with Gasteiger partial charge in [-0.25, -0.2) is 4.39 Å². The second-order valence-electron chi connectivity index (χ2n) is 7.29. The Morgan fingerprint density at radius 3 is 2.57 bits per heavy atom. The fourth-order valence-electron chi connectivity index (χ4n) is 3.69. The third-order valence-corrected chi connectivity index (χ3v) is 9.14. The van der Waals surface area contributed by atoms with E-state index in [9.17, 15) is 13.8 Å². The molecule has 0 amide bonds. The summed E-state index contributed by atoms with van der Waals surface area (Å²) in [6.45, 7) is 5.38. The molecule has 0 saturated heterocycles. The zero-order valence-electron chi connectivity index (χ0n) is 16.6. The predicted octanol–water partition coefficient (Wildman–Crippen LogP) is 5.06. The molecule has 2 N–H and O–H groups in total. The molecule has 5 nitrogen and oxygen atoms in total. The summed E-state index contributed by atoms with van der Waals surface area (Å²) in [5.74, 6) is -1.38. The minimum Gasteiger partial charge on any atom is -0.460 e. The van der Waals surface area contributed by atoms with Crippen LogP contribution in [0.25, 0.3) is 0 Å². The lowest BCUT2D eigenvalue weighted by Crippen LogP contribution is -2.41. The summed E-state index contributed by atoms with van der Waals surface area (Å²) in [5.41, 5.74) is 5.84. The van der Waals surface area contributed by atoms with Crippen molar-refractivity contribution in [3.05, 3.63) is 83.2 Å². The standard InChI is InChI=1S/C22H24ClFNO4P/c1-3-21(25)15-22(21,20(26)28-13-16-9-6-5-7-10-16)30(27,29-4-2)14-17-18(23)11-8-12-19(17)24/h3,5-12H,1,4,13-15,25H2,2H3. The normalized spacial score (nSPS) is 24.7. The van der Waals surface area contributed by atoms with E-state index >= 15 is 0 Å². The maximum Gasteiger partial charge on any atom is 0.324 e. The van der Waals surface area contributed by atoms with Gasteiger partial charge in [-0.15, -0.1) is 6.58 Å². The fourth-order valence-corrected chi connectivity index (χ4v) is 7.32. The Morgan fingerprint density at radius 1 is 1.30 bits per heavy atom. The van der Waals surface area contributed by atoms with Crippen LogP contribution in [-0.2, 0) is 31.4 Å². The summed E-state index contributed by atoms with van der Waals surface area (Å²) < 4.78 is 39.7. The van der Waals surface area contributed by atoms with Gasteiger partial charge in [-0.2, -0.15) is 0 Å². The van der Waals surface area contributed by atoms with Crippen molar-refractivity contribution in [2.24, 2.45) is 5.73 Å². The number of carbonyl (C=O) groups is 1. The molecule has 0 radical (unpaired) electrons. The number of carbonyl (C=O) groups excluding carboxylic acids is 1. The van der Waals surface area contributed by atoms with Crippen molar-refractivity contribution in [2.45, 2.75) is 36.8 Å². The van der Waals surface area contributed by atoms with Crippen molar-refractivity contribution >= 4 is 24.9 Å². The van der Waals surface area contributed by atoms with Crippen LogP contribution < -0.4 is 5.73 Å². The first-order valence-corrected chi connectivity index (χ1v) is 11.7. The number of hydrogen-bond acceptors (Lipinski definition) is 5. The summed E-state index contributed by atoms with van der Waals surface area (Å²) in [6, 6.07) is 13.2. The van der Waals surface area contributed by atoms with E-state index in [-0.39, 0.29) is 36.4 Å². The molecule has 30 heavy (non-hydrogen) atoms. The molecule has 2 aromatic carbocycles. The summed E-state index contributed by atoms with van der Waals surface area (Å²) in [5, 5.41) is -1.55. The number of ether oxygens (including phenoxy) is 1. The molecule has 0 bridgehead atoms. The third kappa shape index (κ3) is 3.85. The van der Waals surface area contributed by atoms with Crippen LogP contribution in [0, 0.1) is 5.82 Å². The Kier molecular flexibility index (Phi) is 6.54. The molecule has 2 aromatic rings. The van der Waals surface area contributed by atoms with E-state index in [2.05, 4.69) is 6.58 Å². The van der Waals surface area contributed by atoms with Crippen molar-refractivity contribution in [3.63, 3.8) is 0 Å². The molecule has 0 heterocycles. The van der Waals surface area contributed by atoms with Gasteiger partial charge in [-0.3, -0.25) is 9.36 Å². The molecule has 3 unspecified atom stereocenters. The molecule has 8 heteroatoms. The van der Waals surface area contributed by atoms with Crippen molar-refractivity contribution in [1.82, 2.24) is 0 Å². The van der Waals surface area contributed by atoms with Gasteiger partial charge in [0.2, 0.25) is 7.37 Å². The van der Waals surface area contributed by atoms with Gasteiger partial charge in [0.1, 0.15) is 12.4 Å². The van der Waals surface area contributed by atoms with E-state index in [4.69, 9.17) is 26.6 Å². The summed E-state index contributed by atoms with van der Waals surface area (Å²) in [6.07, 6.45) is 1.03. The van der Waals surface area contributed by atoms with Crippen molar-refractivity contribution in [3.8, 4) is 0 Å². The average molecular weight is 452 g/mol. The summed E-state index contributed by atoms with van der Waals surface area (Å²) >= 11 is 6.15. The molecule has 1 aliphatic rings. The smallest absolute Gasteiger partial charge is 0.324 e. The van der Waals surface area contributed by atoms with Gasteiger partial charge in [0, 0.05) is 10.6 Å². The highest BCUT2D eigenvalue weighted by Gasteiger charge is 2.79. The van der Waals surface area contributed by atoms with Crippen LogP contribution in [-0.4, -0.2) is 23.3 Å². The lowest BCUT2D eigenvalue weighted by atomic mass is 10.2. The van der Waals surface area contributed by atoms with Crippen LogP contribution in [0.3, 0.4) is 0 Å². The predicted molar refractivity (Wildman–Crippen MR) is 115 cm³/mol. The highest BCUT2D eigenvalue weighted by atomic mass is 35.5. The Hall–Kier alpha value is -1.98. The zero-order chi connectivity index (χ0) is 22.0. The zero-order valence-corrected chi connectivity index (χ0v) is 18.3. The van der Waals surface area contributed by atoms with Crippen molar-refractivity contribution in [1.29, 1.82) is 0 Å². The molecule has 160 valence electrons. The minimum atomic E-state index is -3.90. The van der Waals surface area contributed by atoms with E-state index < -0.39 is 29.9 Å². The second kappa shape index (κ2) is 8.64. The van der Waals surface area contributed by atoms with Gasteiger partial charge in [0.05, 0.1) is 18.3 Å². The van der Waals surface area contributed by atoms with Gasteiger partial charge in [-0.05, 0) is 31.0 Å². The molecule has 1 saturated carbocycles. The molecule has 3 atom stereocenters. The largest absolute Gasteiger partial charge is 0.460 e. The highest BCUT2D eigenvalue weighted by Crippen LogP contribution is 2.76. The summed E-state index contributed by atoms with van der Waals surface area (Å²) in [4.78, 5) is 13.2. The topological polar surface area (TPSA) is 78.6 Å². The number of nitrogens with two attached hydrogens (primary N) is 1. The van der Waals surface area contributed by atoms with Gasteiger partial charge < -0.3 is 15.0 Å². The average Bonchev–Trinajstić information content (AvgIpc) is 3.39. The molecule has 1 fully saturated rings. The fraction of sp³-hybridized carbons (Fsp3) is 0.318. The molecular formula is C22H24ClFNO4P. The third-order valence-electron chi connectivity index (χ3n) is 5.46. The number of rotatable bonds is 9. The molecule has 0 aromatic heterocycles. The monoisotopic (exact) mass is 451 g/mol. The Morgan fingerprint density at radius 2 is 2.00 bits per heavy atom. The van der Waals surface area contributed by atoms with Gasteiger partial charge in [-0.1, -0.05) is 54.1 Å². The molecule has 0 aliphatic heterocycles. The molecule has 3 rings (SSSR count). The van der Waals surface area contributed by atoms with E-state index in [1.807, 2.05) is 18.2 Å². The van der Waals surface area contributed by atoms with Gasteiger partial charge in [0.15, 0.2) is 5.16 Å². The minimum absolute atomic E-state index is 0.0127. The molecule has 0 spiro atoms. The first kappa shape index (κ1) is 22.7. The van der Waals surface area contributed by atoms with Crippen molar-refractivity contribution < 1.29 is 23.0 Å². The Labute approximate surface area is 180 Å². The highest BCUT2D eigenvalue weighted by molar-refractivity contribution is 7.61. The van der Waals surface area contributed by atoms with Crippen molar-refractivity contribution in [2.75, 3.05) is 6.61 Å². The lowest BCUT2D eigenvalue weighted by molar-refractivity contribution is -0.146. The molecular weight excluding hydrogens is 428 g/mol. The Balaban J connectivity index is 1.98. The maximum absolute atomic E-state index is 14.4. The number of halogens is 2. The number of hydrogen-bond donors (Lipinski definition) is 1. The number of benzene rings is 2. The molecule has 1 aliphatic carbocycles. The van der Waals surface area contributed by atoms with Gasteiger partial charge >= 0.3 is 5.97 Å². The summed E-state index contributed by atoms with van der Waals surface area (Å²) in [7, 11) is -3.90. The van der Waals surface area contributed by atoms with E-state index in [1.54, 1.807) is 19.1 Å². The van der Waals surface area contributed by atoms with E-state index in [0.717, 1.165) is 5.56 Å². The van der Waals surface area contributed by atoms with Crippen LogP contribution in [0.2, 0.25) is 5.02 Å². The van der Waals surface area contributed by atoms with Crippen LogP contribution >= 0.6 is 19.0 Å². The van der Waals surface area contributed by atoms with E-state index in [0.29, 0.717) is 0 Å². The lowest BCUT2D eigenvalue weighted by Gasteiger charge is -2.29. The maximum atomic E-state index is 14.4. The van der Waals surface area contributed by atoms with Crippen LogP contribution in [0.1, 0.15) is 24.5 Å². The van der Waals surface area contributed by atoms with Crippen LogP contribution in [0.5, 0.6) is 0 Å². The SMILES string of the molecule is C=CC1(N)CC1(C(=O)OCc1ccccc1)P(=O)(Cc1c(F)cccc1Cl)OCC. The first-order valence-electron chi connectivity index (χ1n) is 9.53. The quantitative estimate of drug-likeness (QED) is 0.327. The van der Waals surface area contributed by atoms with Crippen LogP contribution in [0.15, 0.2) is 61.2 Å². The van der Waals surface area contributed by atoms with Crippen LogP contribution in [0.4, 0.5) is 4.39 Å². The van der Waals surface area contributed by atoms with Gasteiger partial charge in [0.25, 0.3) is 0 Å². The van der Waals surface area contributed by atoms with E-state index in [1.165, 1.54) is 24.3 Å². The Bertz CT molecular complexity index is 982.